The summed E-state index contributed by atoms with van der Waals surface area (Å²) in [5.74, 6) is 1.59. The van der Waals surface area contributed by atoms with E-state index in [9.17, 15) is 13.6 Å². The van der Waals surface area contributed by atoms with Crippen molar-refractivity contribution in [1.82, 2.24) is 0 Å². The van der Waals surface area contributed by atoms with Crippen LogP contribution in [0, 0.1) is 35.3 Å². The number of carbonyl (C=O) groups is 1. The third kappa shape index (κ3) is 5.14. The number of hydrogen-bond acceptors (Lipinski definition) is 1. The minimum absolute atomic E-state index is 0.119. The van der Waals surface area contributed by atoms with Crippen LogP contribution in [0.15, 0.2) is 18.2 Å². The molecule has 0 radical (unpaired) electrons. The van der Waals surface area contributed by atoms with Crippen molar-refractivity contribution < 1.29 is 13.6 Å². The minimum atomic E-state index is -0.671. The fraction of sp³-hybridized carbons (Fsp3) is 0.696. The summed E-state index contributed by atoms with van der Waals surface area (Å²) in [6.07, 6.45) is 13.3. The quantitative estimate of drug-likeness (QED) is 0.500. The maximum Gasteiger partial charge on any atom is 0.163 e. The van der Waals surface area contributed by atoms with Gasteiger partial charge in [-0.15, -0.1) is 0 Å². The van der Waals surface area contributed by atoms with Crippen molar-refractivity contribution in [1.29, 1.82) is 0 Å². The Morgan fingerprint density at radius 2 is 1.35 bits per heavy atom. The normalized spacial score (nSPS) is 29.5. The van der Waals surface area contributed by atoms with Crippen LogP contribution in [0.4, 0.5) is 8.78 Å². The van der Waals surface area contributed by atoms with Crippen LogP contribution in [0.2, 0.25) is 0 Å². The van der Waals surface area contributed by atoms with E-state index < -0.39 is 11.6 Å². The molecular weight excluding hydrogens is 330 g/mol. The molecule has 2 saturated carbocycles. The van der Waals surface area contributed by atoms with Gasteiger partial charge in [-0.05, 0) is 74.3 Å². The lowest BCUT2D eigenvalue weighted by Crippen LogP contribution is -2.26. The third-order valence-corrected chi connectivity index (χ3v) is 6.81. The highest BCUT2D eigenvalue weighted by Crippen LogP contribution is 2.42. The number of halogens is 2. The van der Waals surface area contributed by atoms with E-state index in [2.05, 4.69) is 6.92 Å². The van der Waals surface area contributed by atoms with Crippen LogP contribution in [-0.4, -0.2) is 5.78 Å². The Labute approximate surface area is 156 Å². The second-order valence-corrected chi connectivity index (χ2v) is 8.64. The highest BCUT2D eigenvalue weighted by atomic mass is 19.1. The maximum absolute atomic E-state index is 13.3. The number of rotatable bonds is 6. The standard InChI is InChI=1S/C23H32F2O/c1-2-3-16-4-8-18(9-5-16)19-10-6-17(7-11-19)12-23(26)20-13-21(24)15-22(25)14-20/h13-19H,2-12H2,1H3. The van der Waals surface area contributed by atoms with Crippen molar-refractivity contribution in [3.63, 3.8) is 0 Å². The number of carbonyl (C=O) groups excluding carboxylic acids is 1. The molecule has 2 aliphatic rings. The van der Waals surface area contributed by atoms with Crippen molar-refractivity contribution in [2.75, 3.05) is 0 Å². The fourth-order valence-electron chi connectivity index (χ4n) is 5.32. The van der Waals surface area contributed by atoms with Gasteiger partial charge in [0.15, 0.2) is 5.78 Å². The maximum atomic E-state index is 13.3. The summed E-state index contributed by atoms with van der Waals surface area (Å²) in [6, 6.07) is 3.13. The van der Waals surface area contributed by atoms with Gasteiger partial charge in [0.1, 0.15) is 11.6 Å². The van der Waals surface area contributed by atoms with Crippen LogP contribution in [0.1, 0.15) is 87.9 Å². The molecular formula is C23H32F2O. The van der Waals surface area contributed by atoms with Crippen LogP contribution < -0.4 is 0 Å². The number of Topliss-reactive ketones (excluding diaryl/α,β-unsaturated/α-hetero) is 1. The van der Waals surface area contributed by atoms with Gasteiger partial charge in [-0.3, -0.25) is 4.79 Å². The highest BCUT2D eigenvalue weighted by Gasteiger charge is 2.31. The van der Waals surface area contributed by atoms with E-state index in [1.54, 1.807) is 0 Å². The lowest BCUT2D eigenvalue weighted by molar-refractivity contribution is 0.0919. The zero-order chi connectivity index (χ0) is 18.5. The zero-order valence-electron chi connectivity index (χ0n) is 16.0. The largest absolute Gasteiger partial charge is 0.294 e. The topological polar surface area (TPSA) is 17.1 Å². The van der Waals surface area contributed by atoms with Crippen molar-refractivity contribution in [3.8, 4) is 0 Å². The monoisotopic (exact) mass is 362 g/mol. The SMILES string of the molecule is CCCC1CCC(C2CCC(CC(=O)c3cc(F)cc(F)c3)CC2)CC1. The molecule has 0 amide bonds. The summed E-state index contributed by atoms with van der Waals surface area (Å²) in [5, 5.41) is 0. The van der Waals surface area contributed by atoms with E-state index in [0.717, 1.165) is 48.8 Å². The zero-order valence-corrected chi connectivity index (χ0v) is 16.0. The molecule has 0 spiro atoms. The molecule has 2 aliphatic carbocycles. The Morgan fingerprint density at radius 1 is 0.846 bits per heavy atom. The molecule has 0 saturated heterocycles. The fourth-order valence-corrected chi connectivity index (χ4v) is 5.32. The molecule has 0 aromatic heterocycles. The number of benzene rings is 1. The Hall–Kier alpha value is -1.25. The molecule has 0 heterocycles. The molecule has 2 fully saturated rings. The molecule has 1 aromatic carbocycles. The summed E-state index contributed by atoms with van der Waals surface area (Å²) >= 11 is 0. The van der Waals surface area contributed by atoms with Crippen LogP contribution in [0.5, 0.6) is 0 Å². The summed E-state index contributed by atoms with van der Waals surface area (Å²) < 4.78 is 26.6. The Balaban J connectivity index is 1.44. The summed E-state index contributed by atoms with van der Waals surface area (Å²) in [4.78, 5) is 12.4. The van der Waals surface area contributed by atoms with Gasteiger partial charge >= 0.3 is 0 Å². The van der Waals surface area contributed by atoms with E-state index in [1.165, 1.54) is 51.4 Å². The molecule has 0 aliphatic heterocycles. The molecule has 3 heteroatoms. The molecule has 0 bridgehead atoms. The molecule has 0 N–H and O–H groups in total. The van der Waals surface area contributed by atoms with Gasteiger partial charge in [-0.1, -0.05) is 32.6 Å². The van der Waals surface area contributed by atoms with E-state index >= 15 is 0 Å². The van der Waals surface area contributed by atoms with Crippen molar-refractivity contribution in [2.45, 2.75) is 77.6 Å². The van der Waals surface area contributed by atoms with E-state index in [-0.39, 0.29) is 11.3 Å². The average molecular weight is 363 g/mol. The third-order valence-electron chi connectivity index (χ3n) is 6.81. The average Bonchev–Trinajstić information content (AvgIpc) is 2.62. The molecule has 0 unspecified atom stereocenters. The lowest BCUT2D eigenvalue weighted by Gasteiger charge is -2.37. The first-order valence-corrected chi connectivity index (χ1v) is 10.5. The number of hydrogen-bond donors (Lipinski definition) is 0. The molecule has 0 atom stereocenters. The van der Waals surface area contributed by atoms with Crippen LogP contribution in [0.25, 0.3) is 0 Å². The minimum Gasteiger partial charge on any atom is -0.294 e. The molecule has 1 aromatic rings. The first-order chi connectivity index (χ1) is 12.5. The first-order valence-electron chi connectivity index (χ1n) is 10.5. The second kappa shape index (κ2) is 9.10. The summed E-state index contributed by atoms with van der Waals surface area (Å²) in [7, 11) is 0. The van der Waals surface area contributed by atoms with Crippen LogP contribution in [-0.2, 0) is 0 Å². The predicted molar refractivity (Wildman–Crippen MR) is 101 cm³/mol. The molecule has 3 rings (SSSR count). The predicted octanol–water partition coefficient (Wildman–Crippen LogP) is 6.95. The smallest absolute Gasteiger partial charge is 0.163 e. The van der Waals surface area contributed by atoms with Gasteiger partial charge in [0.2, 0.25) is 0 Å². The van der Waals surface area contributed by atoms with Crippen molar-refractivity contribution in [2.24, 2.45) is 23.7 Å². The van der Waals surface area contributed by atoms with Gasteiger partial charge in [-0.25, -0.2) is 8.78 Å². The van der Waals surface area contributed by atoms with E-state index in [0.29, 0.717) is 12.3 Å². The molecule has 1 nitrogen and oxygen atoms in total. The second-order valence-electron chi connectivity index (χ2n) is 8.64. The Morgan fingerprint density at radius 3 is 1.85 bits per heavy atom. The van der Waals surface area contributed by atoms with Gasteiger partial charge in [0, 0.05) is 18.1 Å². The van der Waals surface area contributed by atoms with Gasteiger partial charge in [0.25, 0.3) is 0 Å². The van der Waals surface area contributed by atoms with Gasteiger partial charge in [-0.2, -0.15) is 0 Å². The molecule has 144 valence electrons. The van der Waals surface area contributed by atoms with Crippen molar-refractivity contribution in [3.05, 3.63) is 35.4 Å². The lowest BCUT2D eigenvalue weighted by atomic mass is 9.68. The van der Waals surface area contributed by atoms with Gasteiger partial charge < -0.3 is 0 Å². The van der Waals surface area contributed by atoms with E-state index in [4.69, 9.17) is 0 Å². The molecule has 26 heavy (non-hydrogen) atoms. The van der Waals surface area contributed by atoms with Crippen LogP contribution >= 0.6 is 0 Å². The number of ketones is 1. The first kappa shape index (κ1) is 19.5. The van der Waals surface area contributed by atoms with E-state index in [1.807, 2.05) is 0 Å². The Bertz CT molecular complexity index is 576. The van der Waals surface area contributed by atoms with Crippen molar-refractivity contribution >= 4 is 5.78 Å². The summed E-state index contributed by atoms with van der Waals surface area (Å²) in [5.41, 5.74) is 0.180. The summed E-state index contributed by atoms with van der Waals surface area (Å²) in [6.45, 7) is 2.28. The van der Waals surface area contributed by atoms with Crippen LogP contribution in [0.3, 0.4) is 0 Å². The van der Waals surface area contributed by atoms with Gasteiger partial charge in [0.05, 0.1) is 0 Å². The highest BCUT2D eigenvalue weighted by molar-refractivity contribution is 5.96. The Kier molecular flexibility index (Phi) is 6.83.